The minimum Gasteiger partial charge on any atom is -0.310 e. The lowest BCUT2D eigenvalue weighted by atomic mass is 9.89. The number of hydrogen-bond acceptors (Lipinski definition) is 3. The number of benzene rings is 1. The molecule has 5 nitrogen and oxygen atoms in total. The Labute approximate surface area is 146 Å². The maximum atomic E-state index is 12.8. The van der Waals surface area contributed by atoms with Crippen molar-refractivity contribution < 1.29 is 18.0 Å². The normalized spacial score (nSPS) is 16.9. The highest BCUT2D eigenvalue weighted by Crippen LogP contribution is 2.38. The zero-order valence-electron chi connectivity index (χ0n) is 13.4. The Balaban J connectivity index is 1.75. The molecule has 1 atom stereocenters. The van der Waals surface area contributed by atoms with E-state index in [1.807, 2.05) is 6.07 Å². The maximum absolute atomic E-state index is 12.8. The second-order valence-electron chi connectivity index (χ2n) is 5.98. The number of amides is 1. The highest BCUT2D eigenvalue weighted by Gasteiger charge is 2.33. The number of fused-ring (bicyclic) bond motifs is 1. The number of carbonyl (C=O) groups is 1. The summed E-state index contributed by atoms with van der Waals surface area (Å²) in [5.74, 6) is -0.105. The zero-order chi connectivity index (χ0) is 18.3. The predicted octanol–water partition coefficient (Wildman–Crippen LogP) is 3.76. The molecule has 0 bridgehead atoms. The number of pyridine rings is 1. The van der Waals surface area contributed by atoms with Gasteiger partial charge in [-0.25, -0.2) is 4.98 Å². The molecule has 0 fully saturated rings. The van der Waals surface area contributed by atoms with E-state index in [0.29, 0.717) is 17.1 Å². The number of imidazole rings is 1. The fourth-order valence-corrected chi connectivity index (χ4v) is 3.08. The summed E-state index contributed by atoms with van der Waals surface area (Å²) >= 11 is 0. The van der Waals surface area contributed by atoms with Crippen molar-refractivity contribution in [3.05, 3.63) is 71.9 Å². The van der Waals surface area contributed by atoms with E-state index in [2.05, 4.69) is 15.3 Å². The Hall–Kier alpha value is -3.16. The fraction of sp³-hybridized carbons (Fsp3) is 0.167. The molecule has 4 rings (SSSR count). The van der Waals surface area contributed by atoms with Crippen molar-refractivity contribution in [3.8, 4) is 5.69 Å². The van der Waals surface area contributed by atoms with Crippen LogP contribution < -0.4 is 5.32 Å². The molecule has 1 aliphatic heterocycles. The molecule has 2 aromatic heterocycles. The SMILES string of the molecule is O=C1CC(c2ccc(C(F)(F)F)cc2)c2ncn(-c3cccnc3)c2N1. The summed E-state index contributed by atoms with van der Waals surface area (Å²) in [5, 5.41) is 2.80. The Bertz CT molecular complexity index is 949. The standard InChI is InChI=1S/C18H13F3N4O/c19-18(20,21)12-5-3-11(4-6-12)14-8-15(26)24-17-16(14)23-10-25(17)13-2-1-7-22-9-13/h1-7,9-10,14H,8H2,(H,24,26). The molecule has 8 heteroatoms. The Morgan fingerprint density at radius 3 is 2.58 bits per heavy atom. The van der Waals surface area contributed by atoms with Crippen LogP contribution in [0.15, 0.2) is 55.1 Å². The van der Waals surface area contributed by atoms with Crippen LogP contribution in [0, 0.1) is 0 Å². The van der Waals surface area contributed by atoms with Gasteiger partial charge in [0.25, 0.3) is 0 Å². The van der Waals surface area contributed by atoms with Crippen molar-refractivity contribution >= 4 is 11.7 Å². The molecule has 1 amide bonds. The van der Waals surface area contributed by atoms with E-state index < -0.39 is 17.7 Å². The first-order chi connectivity index (χ1) is 12.4. The van der Waals surface area contributed by atoms with Crippen LogP contribution in [-0.2, 0) is 11.0 Å². The molecule has 132 valence electrons. The molecule has 0 radical (unpaired) electrons. The molecule has 0 saturated carbocycles. The molecule has 3 heterocycles. The summed E-state index contributed by atoms with van der Waals surface area (Å²) in [4.78, 5) is 20.6. The lowest BCUT2D eigenvalue weighted by Crippen LogP contribution is -2.25. The van der Waals surface area contributed by atoms with Gasteiger partial charge in [-0.2, -0.15) is 13.2 Å². The zero-order valence-corrected chi connectivity index (χ0v) is 13.4. The number of nitrogens with zero attached hydrogens (tertiary/aromatic N) is 3. The second-order valence-corrected chi connectivity index (χ2v) is 5.98. The van der Waals surface area contributed by atoms with E-state index in [1.165, 1.54) is 12.1 Å². The lowest BCUT2D eigenvalue weighted by molar-refractivity contribution is -0.137. The first-order valence-corrected chi connectivity index (χ1v) is 7.88. The van der Waals surface area contributed by atoms with Crippen LogP contribution in [0.2, 0.25) is 0 Å². The fourth-order valence-electron chi connectivity index (χ4n) is 3.08. The summed E-state index contributed by atoms with van der Waals surface area (Å²) in [6.45, 7) is 0. The predicted molar refractivity (Wildman–Crippen MR) is 87.9 cm³/mol. The molecule has 1 unspecified atom stereocenters. The third kappa shape index (κ3) is 2.83. The van der Waals surface area contributed by atoms with Gasteiger partial charge in [0.2, 0.25) is 5.91 Å². The number of nitrogens with one attached hydrogen (secondary N) is 1. The van der Waals surface area contributed by atoms with Gasteiger partial charge in [-0.05, 0) is 29.8 Å². The number of anilines is 1. The summed E-state index contributed by atoms with van der Waals surface area (Å²) in [6, 6.07) is 8.44. The van der Waals surface area contributed by atoms with Crippen LogP contribution in [0.25, 0.3) is 5.69 Å². The third-order valence-electron chi connectivity index (χ3n) is 4.34. The Kier molecular flexibility index (Phi) is 3.75. The minimum absolute atomic E-state index is 0.127. The first kappa shape index (κ1) is 16.3. The molecule has 26 heavy (non-hydrogen) atoms. The van der Waals surface area contributed by atoms with E-state index in [4.69, 9.17) is 0 Å². The summed E-state index contributed by atoms with van der Waals surface area (Å²) in [7, 11) is 0. The largest absolute Gasteiger partial charge is 0.416 e. The molecular weight excluding hydrogens is 345 g/mol. The van der Waals surface area contributed by atoms with Crippen LogP contribution in [0.3, 0.4) is 0 Å². The van der Waals surface area contributed by atoms with Gasteiger partial charge < -0.3 is 5.32 Å². The second kappa shape index (κ2) is 5.98. The van der Waals surface area contributed by atoms with Gasteiger partial charge in [-0.3, -0.25) is 14.3 Å². The van der Waals surface area contributed by atoms with E-state index in [-0.39, 0.29) is 12.3 Å². The van der Waals surface area contributed by atoms with Crippen molar-refractivity contribution in [1.29, 1.82) is 0 Å². The molecule has 0 aliphatic carbocycles. The first-order valence-electron chi connectivity index (χ1n) is 7.88. The molecule has 1 aliphatic rings. The van der Waals surface area contributed by atoms with E-state index in [9.17, 15) is 18.0 Å². The Morgan fingerprint density at radius 1 is 1.15 bits per heavy atom. The molecule has 0 spiro atoms. The summed E-state index contributed by atoms with van der Waals surface area (Å²) in [5.41, 5.74) is 1.25. The van der Waals surface area contributed by atoms with Gasteiger partial charge in [-0.15, -0.1) is 0 Å². The van der Waals surface area contributed by atoms with Crippen LogP contribution >= 0.6 is 0 Å². The van der Waals surface area contributed by atoms with Gasteiger partial charge in [0.15, 0.2) is 0 Å². The van der Waals surface area contributed by atoms with Gasteiger partial charge >= 0.3 is 6.18 Å². The van der Waals surface area contributed by atoms with Crippen molar-refractivity contribution in [2.45, 2.75) is 18.5 Å². The van der Waals surface area contributed by atoms with Gasteiger partial charge in [0.05, 0.1) is 23.1 Å². The highest BCUT2D eigenvalue weighted by atomic mass is 19.4. The van der Waals surface area contributed by atoms with E-state index >= 15 is 0 Å². The number of hydrogen-bond donors (Lipinski definition) is 1. The number of halogens is 3. The van der Waals surface area contributed by atoms with Crippen molar-refractivity contribution in [1.82, 2.24) is 14.5 Å². The van der Waals surface area contributed by atoms with Crippen LogP contribution in [0.1, 0.15) is 29.2 Å². The van der Waals surface area contributed by atoms with Gasteiger partial charge in [0.1, 0.15) is 12.1 Å². The quantitative estimate of drug-likeness (QED) is 0.759. The molecule has 1 N–H and O–H groups in total. The van der Waals surface area contributed by atoms with Crippen molar-refractivity contribution in [2.24, 2.45) is 0 Å². The maximum Gasteiger partial charge on any atom is 0.416 e. The lowest BCUT2D eigenvalue weighted by Gasteiger charge is -2.23. The molecule has 3 aromatic rings. The number of rotatable bonds is 2. The topological polar surface area (TPSA) is 59.8 Å². The van der Waals surface area contributed by atoms with Crippen molar-refractivity contribution in [2.75, 3.05) is 5.32 Å². The minimum atomic E-state index is -4.39. The average Bonchev–Trinajstić information content (AvgIpc) is 3.05. The number of aromatic nitrogens is 3. The van der Waals surface area contributed by atoms with Gasteiger partial charge in [-0.1, -0.05) is 12.1 Å². The van der Waals surface area contributed by atoms with Crippen LogP contribution in [0.4, 0.5) is 19.0 Å². The van der Waals surface area contributed by atoms with E-state index in [0.717, 1.165) is 17.8 Å². The third-order valence-corrected chi connectivity index (χ3v) is 4.34. The molecular formula is C18H13F3N4O. The van der Waals surface area contributed by atoms with Crippen molar-refractivity contribution in [3.63, 3.8) is 0 Å². The molecule has 1 aromatic carbocycles. The smallest absolute Gasteiger partial charge is 0.310 e. The van der Waals surface area contributed by atoms with Crippen LogP contribution in [-0.4, -0.2) is 20.4 Å². The molecule has 0 saturated heterocycles. The average molecular weight is 358 g/mol. The van der Waals surface area contributed by atoms with E-state index in [1.54, 1.807) is 29.4 Å². The monoisotopic (exact) mass is 358 g/mol. The highest BCUT2D eigenvalue weighted by molar-refractivity contribution is 5.94. The number of alkyl halides is 3. The Morgan fingerprint density at radius 2 is 1.92 bits per heavy atom. The van der Waals surface area contributed by atoms with Gasteiger partial charge in [0, 0.05) is 18.5 Å². The number of carbonyl (C=O) groups excluding carboxylic acids is 1. The summed E-state index contributed by atoms with van der Waals surface area (Å²) in [6.07, 6.45) is 0.578. The van der Waals surface area contributed by atoms with Crippen LogP contribution in [0.5, 0.6) is 0 Å². The summed E-state index contributed by atoms with van der Waals surface area (Å²) < 4.78 is 40.0.